The molecule has 0 spiro atoms. The van der Waals surface area contributed by atoms with Gasteiger partial charge in [0.15, 0.2) is 23.1 Å². The van der Waals surface area contributed by atoms with E-state index in [9.17, 15) is 0 Å². The minimum Gasteiger partial charge on any atom is -0.436 e. The maximum atomic E-state index is 6.14. The van der Waals surface area contributed by atoms with Crippen LogP contribution in [0.5, 0.6) is 0 Å². The van der Waals surface area contributed by atoms with Crippen LogP contribution in [0.3, 0.4) is 0 Å². The van der Waals surface area contributed by atoms with Crippen molar-refractivity contribution in [2.45, 2.75) is 0 Å². The van der Waals surface area contributed by atoms with Crippen LogP contribution in [-0.4, -0.2) is 24.5 Å². The van der Waals surface area contributed by atoms with Crippen molar-refractivity contribution in [3.63, 3.8) is 0 Å². The number of oxazole rings is 1. The fourth-order valence-corrected chi connectivity index (χ4v) is 7.84. The van der Waals surface area contributed by atoms with Gasteiger partial charge in [-0.05, 0) is 76.5 Å². The number of benzene rings is 8. The Hall–Kier alpha value is -7.70. The average molecular weight is 718 g/mol. The summed E-state index contributed by atoms with van der Waals surface area (Å²) < 4.78 is 8.48. The van der Waals surface area contributed by atoms with Crippen molar-refractivity contribution < 1.29 is 4.42 Å². The monoisotopic (exact) mass is 717 g/mol. The molecule has 0 unspecified atom stereocenters. The van der Waals surface area contributed by atoms with Gasteiger partial charge >= 0.3 is 0 Å². The lowest BCUT2D eigenvalue weighted by Crippen LogP contribution is -2.00. The van der Waals surface area contributed by atoms with Crippen molar-refractivity contribution >= 4 is 43.7 Å². The van der Waals surface area contributed by atoms with Crippen molar-refractivity contribution in [1.82, 2.24) is 24.5 Å². The zero-order valence-electron chi connectivity index (χ0n) is 30.0. The van der Waals surface area contributed by atoms with Crippen LogP contribution < -0.4 is 0 Å². The number of para-hydroxylation sites is 3. The predicted octanol–water partition coefficient (Wildman–Crippen LogP) is 12.6. The van der Waals surface area contributed by atoms with Crippen LogP contribution in [0.15, 0.2) is 192 Å². The van der Waals surface area contributed by atoms with E-state index < -0.39 is 0 Å². The van der Waals surface area contributed by atoms with Gasteiger partial charge in [0, 0.05) is 38.7 Å². The molecule has 0 fully saturated rings. The van der Waals surface area contributed by atoms with Crippen LogP contribution in [0.2, 0.25) is 0 Å². The first-order chi connectivity index (χ1) is 27.7. The Bertz CT molecular complexity index is 3150. The Balaban J connectivity index is 1.00. The van der Waals surface area contributed by atoms with E-state index in [0.29, 0.717) is 23.4 Å². The third-order valence-electron chi connectivity index (χ3n) is 10.5. The quantitative estimate of drug-likeness (QED) is 0.171. The summed E-state index contributed by atoms with van der Waals surface area (Å²) in [5.41, 5.74) is 11.1. The second kappa shape index (κ2) is 13.0. The first-order valence-electron chi connectivity index (χ1n) is 18.6. The van der Waals surface area contributed by atoms with E-state index in [2.05, 4.69) is 108 Å². The average Bonchev–Trinajstić information content (AvgIpc) is 3.86. The van der Waals surface area contributed by atoms with Gasteiger partial charge in [-0.25, -0.2) is 19.9 Å². The molecular weight excluding hydrogens is 687 g/mol. The number of nitrogens with zero attached hydrogens (tertiary/aromatic N) is 5. The van der Waals surface area contributed by atoms with Crippen LogP contribution >= 0.6 is 0 Å². The van der Waals surface area contributed by atoms with Crippen molar-refractivity contribution in [2.24, 2.45) is 0 Å². The van der Waals surface area contributed by atoms with Gasteiger partial charge in [-0.1, -0.05) is 133 Å². The molecule has 0 radical (unpaired) electrons. The Labute approximate surface area is 322 Å². The number of rotatable bonds is 6. The van der Waals surface area contributed by atoms with Gasteiger partial charge in [0.2, 0.25) is 5.89 Å². The highest BCUT2D eigenvalue weighted by Gasteiger charge is 2.18. The molecule has 0 saturated heterocycles. The second-order valence-corrected chi connectivity index (χ2v) is 13.9. The van der Waals surface area contributed by atoms with Gasteiger partial charge in [0.05, 0.1) is 11.0 Å². The lowest BCUT2D eigenvalue weighted by molar-refractivity contribution is 0.620. The van der Waals surface area contributed by atoms with Gasteiger partial charge < -0.3 is 8.98 Å². The standard InChI is InChI=1S/C50H31N5O/c1-3-13-33(14-4-1)47-52-48(34-15-5-2-6-16-34)54-49(53-47)41-29-28-37(38-17-7-8-18-39(38)41)32-23-26-36(27-24-32)55-44-21-11-9-19-40(44)42-31-35(25-30-45(42)55)50-51-43-20-10-12-22-46(43)56-50/h1-31H. The fraction of sp³-hybridized carbons (Fsp3) is 0. The van der Waals surface area contributed by atoms with E-state index in [0.717, 1.165) is 77.4 Å². The van der Waals surface area contributed by atoms with Crippen LogP contribution in [0.4, 0.5) is 0 Å². The Morgan fingerprint density at radius 3 is 1.62 bits per heavy atom. The number of aromatic nitrogens is 5. The molecule has 0 bridgehead atoms. The molecule has 3 heterocycles. The molecule has 0 amide bonds. The summed E-state index contributed by atoms with van der Waals surface area (Å²) in [5, 5.41) is 4.53. The summed E-state index contributed by atoms with van der Waals surface area (Å²) in [5.74, 6) is 2.55. The molecule has 0 aliphatic heterocycles. The van der Waals surface area contributed by atoms with E-state index in [1.165, 1.54) is 5.39 Å². The van der Waals surface area contributed by atoms with Gasteiger partial charge in [-0.15, -0.1) is 0 Å². The topological polar surface area (TPSA) is 69.6 Å². The predicted molar refractivity (Wildman–Crippen MR) is 226 cm³/mol. The number of hydrogen-bond acceptors (Lipinski definition) is 5. The summed E-state index contributed by atoms with van der Waals surface area (Å²) in [6.07, 6.45) is 0. The van der Waals surface area contributed by atoms with E-state index in [1.807, 2.05) is 84.9 Å². The molecule has 6 heteroatoms. The highest BCUT2D eigenvalue weighted by Crippen LogP contribution is 2.38. The van der Waals surface area contributed by atoms with E-state index in [4.69, 9.17) is 24.4 Å². The minimum absolute atomic E-state index is 0.622. The van der Waals surface area contributed by atoms with Crippen LogP contribution in [0.25, 0.3) is 106 Å². The largest absolute Gasteiger partial charge is 0.436 e. The van der Waals surface area contributed by atoms with Gasteiger partial charge in [-0.2, -0.15) is 0 Å². The molecule has 262 valence electrons. The Morgan fingerprint density at radius 2 is 0.911 bits per heavy atom. The first-order valence-corrected chi connectivity index (χ1v) is 18.6. The Kier molecular flexibility index (Phi) is 7.38. The van der Waals surface area contributed by atoms with Crippen molar-refractivity contribution in [3.05, 3.63) is 188 Å². The lowest BCUT2D eigenvalue weighted by Gasteiger charge is -2.14. The summed E-state index contributed by atoms with van der Waals surface area (Å²) in [7, 11) is 0. The van der Waals surface area contributed by atoms with Crippen LogP contribution in [0.1, 0.15) is 0 Å². The van der Waals surface area contributed by atoms with E-state index in [-0.39, 0.29) is 0 Å². The van der Waals surface area contributed by atoms with Gasteiger partial charge in [0.25, 0.3) is 0 Å². The third-order valence-corrected chi connectivity index (χ3v) is 10.5. The van der Waals surface area contributed by atoms with E-state index in [1.54, 1.807) is 0 Å². The van der Waals surface area contributed by atoms with Crippen LogP contribution in [-0.2, 0) is 0 Å². The Morgan fingerprint density at radius 1 is 0.357 bits per heavy atom. The third kappa shape index (κ3) is 5.35. The number of fused-ring (bicyclic) bond motifs is 5. The molecule has 3 aromatic heterocycles. The maximum Gasteiger partial charge on any atom is 0.227 e. The van der Waals surface area contributed by atoms with Gasteiger partial charge in [-0.3, -0.25) is 0 Å². The zero-order valence-corrected chi connectivity index (χ0v) is 30.0. The molecule has 56 heavy (non-hydrogen) atoms. The zero-order chi connectivity index (χ0) is 37.0. The van der Waals surface area contributed by atoms with Crippen LogP contribution in [0, 0.1) is 0 Å². The smallest absolute Gasteiger partial charge is 0.227 e. The van der Waals surface area contributed by atoms with E-state index >= 15 is 0 Å². The SMILES string of the molecule is c1ccc(-c2nc(-c3ccccc3)nc(-c3ccc(-c4ccc(-n5c6ccccc6c6cc(-c7nc8ccccc8o7)ccc65)cc4)c4ccccc34)n2)cc1. The van der Waals surface area contributed by atoms with Gasteiger partial charge in [0.1, 0.15) is 5.52 Å². The number of hydrogen-bond donors (Lipinski definition) is 0. The molecule has 6 nitrogen and oxygen atoms in total. The first kappa shape index (κ1) is 31.8. The van der Waals surface area contributed by atoms with Crippen molar-refractivity contribution in [3.8, 4) is 62.4 Å². The molecule has 0 aliphatic rings. The summed E-state index contributed by atoms with van der Waals surface area (Å²) in [6.45, 7) is 0. The molecule has 0 N–H and O–H groups in total. The maximum absolute atomic E-state index is 6.14. The summed E-state index contributed by atoms with van der Waals surface area (Å²) in [6, 6.07) is 64.8. The highest BCUT2D eigenvalue weighted by atomic mass is 16.3. The second-order valence-electron chi connectivity index (χ2n) is 13.9. The minimum atomic E-state index is 0.622. The summed E-state index contributed by atoms with van der Waals surface area (Å²) >= 11 is 0. The molecular formula is C50H31N5O. The molecule has 0 aliphatic carbocycles. The summed E-state index contributed by atoms with van der Waals surface area (Å²) in [4.78, 5) is 19.8. The molecule has 0 atom stereocenters. The molecule has 0 saturated carbocycles. The highest BCUT2D eigenvalue weighted by molar-refractivity contribution is 6.10. The normalized spacial score (nSPS) is 11.6. The lowest BCUT2D eigenvalue weighted by atomic mass is 9.94. The molecule has 11 rings (SSSR count). The van der Waals surface area contributed by atoms with Crippen molar-refractivity contribution in [2.75, 3.05) is 0 Å². The molecule has 11 aromatic rings. The fourth-order valence-electron chi connectivity index (χ4n) is 7.84. The molecule has 8 aromatic carbocycles. The van der Waals surface area contributed by atoms with Crippen molar-refractivity contribution in [1.29, 1.82) is 0 Å².